The summed E-state index contributed by atoms with van der Waals surface area (Å²) in [5.41, 5.74) is -0.822. The fourth-order valence-corrected chi connectivity index (χ4v) is 2.33. The van der Waals surface area contributed by atoms with Crippen LogP contribution in [0.2, 0.25) is 0 Å². The largest absolute Gasteiger partial charge is 0.435 e. The van der Waals surface area contributed by atoms with Gasteiger partial charge in [-0.2, -0.15) is 18.3 Å². The molecule has 0 saturated carbocycles. The van der Waals surface area contributed by atoms with E-state index in [9.17, 15) is 13.2 Å². The molecule has 0 spiro atoms. The van der Waals surface area contributed by atoms with Crippen molar-refractivity contribution in [1.29, 1.82) is 0 Å². The molecule has 1 aromatic heterocycles. The minimum Gasteiger partial charge on any atom is -0.312 e. The number of nitrogens with one attached hydrogen (secondary N) is 1. The second kappa shape index (κ2) is 6.93. The lowest BCUT2D eigenvalue weighted by atomic mass is 10.0. The van der Waals surface area contributed by atoms with Gasteiger partial charge >= 0.3 is 6.18 Å². The summed E-state index contributed by atoms with van der Waals surface area (Å²) < 4.78 is 39.2. The molecule has 1 N–H and O–H groups in total. The molecule has 0 saturated heterocycles. The summed E-state index contributed by atoms with van der Waals surface area (Å²) in [6, 6.07) is 1.15. The molecule has 110 valence electrons. The maximum Gasteiger partial charge on any atom is 0.435 e. The number of nitrogens with zero attached hydrogens (tertiary/aromatic N) is 2. The van der Waals surface area contributed by atoms with Crippen molar-refractivity contribution in [2.75, 3.05) is 6.54 Å². The zero-order valence-corrected chi connectivity index (χ0v) is 11.7. The van der Waals surface area contributed by atoms with E-state index in [0.29, 0.717) is 0 Å². The smallest absolute Gasteiger partial charge is 0.312 e. The predicted molar refractivity (Wildman–Crippen MR) is 68.9 cm³/mol. The first-order chi connectivity index (χ1) is 8.93. The lowest BCUT2D eigenvalue weighted by Gasteiger charge is -2.27. The minimum absolute atomic E-state index is 0.0454. The Hall–Kier alpha value is -1.04. The molecule has 1 heterocycles. The molecule has 0 bridgehead atoms. The first kappa shape index (κ1) is 16.0. The van der Waals surface area contributed by atoms with Crippen LogP contribution in [0, 0.1) is 0 Å². The fourth-order valence-electron chi connectivity index (χ4n) is 2.33. The van der Waals surface area contributed by atoms with Crippen molar-refractivity contribution in [2.45, 2.75) is 58.3 Å². The van der Waals surface area contributed by atoms with Crippen LogP contribution in [0.25, 0.3) is 0 Å². The summed E-state index contributed by atoms with van der Waals surface area (Å²) in [6.45, 7) is 6.84. The van der Waals surface area contributed by atoms with Crippen LogP contribution in [0.4, 0.5) is 13.2 Å². The average molecular weight is 277 g/mol. The summed E-state index contributed by atoms with van der Waals surface area (Å²) in [6.07, 6.45) is -0.287. The van der Waals surface area contributed by atoms with Crippen molar-refractivity contribution in [2.24, 2.45) is 0 Å². The highest BCUT2D eigenvalue weighted by Gasteiger charge is 2.34. The quantitative estimate of drug-likeness (QED) is 0.824. The van der Waals surface area contributed by atoms with E-state index < -0.39 is 11.9 Å². The van der Waals surface area contributed by atoms with Crippen LogP contribution >= 0.6 is 0 Å². The van der Waals surface area contributed by atoms with Gasteiger partial charge in [0.1, 0.15) is 0 Å². The maximum absolute atomic E-state index is 12.6. The molecule has 0 aromatic carbocycles. The van der Waals surface area contributed by atoms with Gasteiger partial charge in [0.2, 0.25) is 0 Å². The Morgan fingerprint density at radius 3 is 2.42 bits per heavy atom. The van der Waals surface area contributed by atoms with Crippen molar-refractivity contribution in [1.82, 2.24) is 15.1 Å². The van der Waals surface area contributed by atoms with E-state index in [-0.39, 0.29) is 12.1 Å². The molecule has 0 radical (unpaired) electrons. The van der Waals surface area contributed by atoms with Gasteiger partial charge in [0, 0.05) is 12.2 Å². The zero-order chi connectivity index (χ0) is 14.5. The van der Waals surface area contributed by atoms with Gasteiger partial charge < -0.3 is 5.32 Å². The molecule has 0 aliphatic rings. The average Bonchev–Trinajstić information content (AvgIpc) is 2.80. The number of likely N-dealkylation sites (N-methyl/N-ethyl adjacent to an activating group) is 1. The zero-order valence-electron chi connectivity index (χ0n) is 11.7. The molecule has 2 unspecified atom stereocenters. The molecule has 1 aromatic rings. The van der Waals surface area contributed by atoms with Crippen LogP contribution in [-0.4, -0.2) is 22.4 Å². The second-order valence-corrected chi connectivity index (χ2v) is 4.61. The number of hydrogen-bond donors (Lipinski definition) is 1. The third-order valence-electron chi connectivity index (χ3n) is 3.19. The Balaban J connectivity index is 2.91. The van der Waals surface area contributed by atoms with Crippen molar-refractivity contribution < 1.29 is 13.2 Å². The molecule has 0 aliphatic carbocycles. The van der Waals surface area contributed by atoms with Crippen LogP contribution in [0.5, 0.6) is 0 Å². The Labute approximate surface area is 112 Å². The lowest BCUT2D eigenvalue weighted by Crippen LogP contribution is -2.37. The van der Waals surface area contributed by atoms with Gasteiger partial charge in [0.15, 0.2) is 5.69 Å². The van der Waals surface area contributed by atoms with Gasteiger partial charge in [-0.1, -0.05) is 27.2 Å². The molecule has 0 aliphatic heterocycles. The highest BCUT2D eigenvalue weighted by atomic mass is 19.4. The Kier molecular flexibility index (Phi) is 5.85. The van der Waals surface area contributed by atoms with Crippen molar-refractivity contribution in [3.63, 3.8) is 0 Å². The Morgan fingerprint density at radius 1 is 1.32 bits per heavy atom. The van der Waals surface area contributed by atoms with E-state index in [1.54, 1.807) is 0 Å². The van der Waals surface area contributed by atoms with Crippen LogP contribution < -0.4 is 5.32 Å². The first-order valence-corrected chi connectivity index (χ1v) is 6.79. The lowest BCUT2D eigenvalue weighted by molar-refractivity contribution is -0.141. The van der Waals surface area contributed by atoms with E-state index in [1.165, 1.54) is 10.9 Å². The van der Waals surface area contributed by atoms with Gasteiger partial charge in [0.25, 0.3) is 0 Å². The molecular formula is C13H22F3N3. The third kappa shape index (κ3) is 4.23. The summed E-state index contributed by atoms with van der Waals surface area (Å²) >= 11 is 0. The van der Waals surface area contributed by atoms with Gasteiger partial charge in [-0.3, -0.25) is 4.68 Å². The van der Waals surface area contributed by atoms with Crippen LogP contribution in [-0.2, 0) is 6.18 Å². The molecule has 3 nitrogen and oxygen atoms in total. The van der Waals surface area contributed by atoms with E-state index in [1.807, 2.05) is 13.8 Å². The standard InChI is InChI=1S/C13H22F3N3/c1-4-7-10(17-6-3)11(5-2)19-9-8-12(18-19)13(14,15)16/h8-11,17H,4-7H2,1-3H3. The molecular weight excluding hydrogens is 255 g/mol. The number of aromatic nitrogens is 2. The minimum atomic E-state index is -4.37. The Bertz CT molecular complexity index is 367. The topological polar surface area (TPSA) is 29.9 Å². The number of rotatable bonds is 7. The number of hydrogen-bond acceptors (Lipinski definition) is 2. The molecule has 1 rings (SSSR count). The SMILES string of the molecule is CCCC(NCC)C(CC)n1ccc(C(F)(F)F)n1. The van der Waals surface area contributed by atoms with Crippen LogP contribution in [0.3, 0.4) is 0 Å². The molecule has 0 fully saturated rings. The normalized spacial score (nSPS) is 15.5. The van der Waals surface area contributed by atoms with E-state index in [4.69, 9.17) is 0 Å². The summed E-state index contributed by atoms with van der Waals surface area (Å²) in [7, 11) is 0. The van der Waals surface area contributed by atoms with E-state index >= 15 is 0 Å². The molecule has 6 heteroatoms. The maximum atomic E-state index is 12.6. The van der Waals surface area contributed by atoms with Crippen molar-refractivity contribution in [3.05, 3.63) is 18.0 Å². The number of alkyl halides is 3. The third-order valence-corrected chi connectivity index (χ3v) is 3.19. The Morgan fingerprint density at radius 2 is 2.00 bits per heavy atom. The van der Waals surface area contributed by atoms with Crippen molar-refractivity contribution >= 4 is 0 Å². The molecule has 2 atom stereocenters. The predicted octanol–water partition coefficient (Wildman–Crippen LogP) is 3.63. The van der Waals surface area contributed by atoms with Gasteiger partial charge in [0.05, 0.1) is 6.04 Å². The summed E-state index contributed by atoms with van der Waals surface area (Å²) in [4.78, 5) is 0. The molecule has 19 heavy (non-hydrogen) atoms. The fraction of sp³-hybridized carbons (Fsp3) is 0.769. The van der Waals surface area contributed by atoms with E-state index in [0.717, 1.165) is 31.9 Å². The van der Waals surface area contributed by atoms with E-state index in [2.05, 4.69) is 17.3 Å². The number of halogens is 3. The summed E-state index contributed by atoms with van der Waals surface area (Å²) in [5, 5.41) is 7.03. The van der Waals surface area contributed by atoms with Crippen LogP contribution in [0.15, 0.2) is 12.3 Å². The highest BCUT2D eigenvalue weighted by Crippen LogP contribution is 2.29. The molecule has 0 amide bonds. The monoisotopic (exact) mass is 277 g/mol. The highest BCUT2D eigenvalue weighted by molar-refractivity contribution is 5.04. The second-order valence-electron chi connectivity index (χ2n) is 4.61. The van der Waals surface area contributed by atoms with Gasteiger partial charge in [-0.15, -0.1) is 0 Å². The first-order valence-electron chi connectivity index (χ1n) is 6.79. The van der Waals surface area contributed by atoms with Gasteiger partial charge in [-0.25, -0.2) is 0 Å². The van der Waals surface area contributed by atoms with Gasteiger partial charge in [-0.05, 0) is 25.5 Å². The van der Waals surface area contributed by atoms with Crippen molar-refractivity contribution in [3.8, 4) is 0 Å². The summed E-state index contributed by atoms with van der Waals surface area (Å²) in [5.74, 6) is 0. The van der Waals surface area contributed by atoms with Crippen LogP contribution in [0.1, 0.15) is 51.8 Å².